The van der Waals surface area contributed by atoms with Gasteiger partial charge in [0.05, 0.1) is 6.10 Å². The summed E-state index contributed by atoms with van der Waals surface area (Å²) in [6.07, 6.45) is 1.33. The zero-order valence-electron chi connectivity index (χ0n) is 12.3. The van der Waals surface area contributed by atoms with Gasteiger partial charge in [0.25, 0.3) is 0 Å². The van der Waals surface area contributed by atoms with Crippen molar-refractivity contribution in [3.63, 3.8) is 0 Å². The summed E-state index contributed by atoms with van der Waals surface area (Å²) in [5, 5.41) is 30.1. The van der Waals surface area contributed by atoms with Crippen LogP contribution in [0.25, 0.3) is 0 Å². The van der Waals surface area contributed by atoms with Gasteiger partial charge in [0.1, 0.15) is 17.8 Å². The van der Waals surface area contributed by atoms with Crippen LogP contribution in [-0.4, -0.2) is 21.6 Å². The summed E-state index contributed by atoms with van der Waals surface area (Å²) >= 11 is 0. The quantitative estimate of drug-likeness (QED) is 0.571. The van der Waals surface area contributed by atoms with Crippen LogP contribution in [0.2, 0.25) is 0 Å². The van der Waals surface area contributed by atoms with Gasteiger partial charge < -0.3 is 15.3 Å². The van der Waals surface area contributed by atoms with Crippen molar-refractivity contribution in [3.8, 4) is 11.5 Å². The highest BCUT2D eigenvalue weighted by Crippen LogP contribution is 2.38. The Labute approximate surface area is 119 Å². The van der Waals surface area contributed by atoms with E-state index in [9.17, 15) is 20.1 Å². The Morgan fingerprint density at radius 1 is 1.10 bits per heavy atom. The fourth-order valence-electron chi connectivity index (χ4n) is 2.20. The Bertz CT molecular complexity index is 517. The number of allylic oxidation sites excluding steroid dienone is 1. The number of rotatable bonds is 5. The Kier molecular flexibility index (Phi) is 5.34. The molecule has 0 aliphatic heterocycles. The van der Waals surface area contributed by atoms with Crippen LogP contribution in [-0.2, 0) is 4.79 Å². The zero-order valence-corrected chi connectivity index (χ0v) is 12.3. The monoisotopic (exact) mass is 278 g/mol. The lowest BCUT2D eigenvalue weighted by Crippen LogP contribution is -2.13. The van der Waals surface area contributed by atoms with Crippen LogP contribution >= 0.6 is 0 Å². The minimum atomic E-state index is -1.01. The maximum atomic E-state index is 10.9. The number of aromatic hydroxyl groups is 2. The van der Waals surface area contributed by atoms with Gasteiger partial charge in [0, 0.05) is 17.5 Å². The lowest BCUT2D eigenvalue weighted by Gasteiger charge is -2.22. The van der Waals surface area contributed by atoms with Crippen LogP contribution < -0.4 is 0 Å². The number of aliphatic hydroxyl groups excluding tert-OH is 1. The second kappa shape index (κ2) is 6.57. The number of hydrogen-bond acceptors (Lipinski definition) is 4. The summed E-state index contributed by atoms with van der Waals surface area (Å²) in [6.45, 7) is 7.27. The maximum absolute atomic E-state index is 10.9. The molecule has 20 heavy (non-hydrogen) atoms. The summed E-state index contributed by atoms with van der Waals surface area (Å²) in [5.74, 6) is -0.549. The second-order valence-corrected chi connectivity index (χ2v) is 5.26. The standard InChI is InChI=1S/C16H22O4/c1-5-11(8-17)10(4)16(20)13-6-12(9(2)3)14(18)7-15(13)19/h5-10,16,18-20H,1-4H3/b11-5-. The van der Waals surface area contributed by atoms with Gasteiger partial charge in [-0.3, -0.25) is 4.79 Å². The molecule has 0 fully saturated rings. The lowest BCUT2D eigenvalue weighted by atomic mass is 9.88. The summed E-state index contributed by atoms with van der Waals surface area (Å²) in [6, 6.07) is 2.82. The average molecular weight is 278 g/mol. The third kappa shape index (κ3) is 3.20. The highest BCUT2D eigenvalue weighted by molar-refractivity contribution is 5.74. The Hall–Kier alpha value is -1.81. The van der Waals surface area contributed by atoms with Crippen molar-refractivity contribution in [3.05, 3.63) is 34.9 Å². The van der Waals surface area contributed by atoms with Crippen LogP contribution in [0.3, 0.4) is 0 Å². The van der Waals surface area contributed by atoms with Crippen LogP contribution in [0, 0.1) is 5.92 Å². The molecular weight excluding hydrogens is 256 g/mol. The first kappa shape index (κ1) is 16.2. The number of benzene rings is 1. The smallest absolute Gasteiger partial charge is 0.146 e. The number of phenolic OH excluding ortho intramolecular Hbond substituents is 2. The Morgan fingerprint density at radius 3 is 2.10 bits per heavy atom. The van der Waals surface area contributed by atoms with Gasteiger partial charge >= 0.3 is 0 Å². The molecule has 3 N–H and O–H groups in total. The van der Waals surface area contributed by atoms with Crippen LogP contribution in [0.5, 0.6) is 11.5 Å². The molecule has 0 radical (unpaired) electrons. The number of phenols is 2. The number of carbonyl (C=O) groups excluding carboxylic acids is 1. The zero-order chi connectivity index (χ0) is 15.4. The topological polar surface area (TPSA) is 77.8 Å². The third-order valence-electron chi connectivity index (χ3n) is 3.59. The van der Waals surface area contributed by atoms with Gasteiger partial charge in [-0.25, -0.2) is 0 Å². The SMILES string of the molecule is C/C=C(/C=O)C(C)C(O)c1cc(C(C)C)c(O)cc1O. The van der Waals surface area contributed by atoms with Gasteiger partial charge in [-0.15, -0.1) is 0 Å². The molecule has 0 saturated carbocycles. The van der Waals surface area contributed by atoms with E-state index in [1.165, 1.54) is 6.07 Å². The van der Waals surface area contributed by atoms with Crippen molar-refractivity contribution in [2.24, 2.45) is 5.92 Å². The first-order valence-electron chi connectivity index (χ1n) is 6.68. The van der Waals surface area contributed by atoms with Crippen molar-refractivity contribution in [2.45, 2.75) is 39.7 Å². The van der Waals surface area contributed by atoms with E-state index >= 15 is 0 Å². The molecule has 0 amide bonds. The van der Waals surface area contributed by atoms with Gasteiger partial charge in [0.15, 0.2) is 0 Å². The van der Waals surface area contributed by atoms with E-state index in [1.54, 1.807) is 26.0 Å². The molecule has 0 aromatic heterocycles. The van der Waals surface area contributed by atoms with Crippen molar-refractivity contribution in [1.29, 1.82) is 0 Å². The van der Waals surface area contributed by atoms with E-state index in [4.69, 9.17) is 0 Å². The molecule has 4 nitrogen and oxygen atoms in total. The van der Waals surface area contributed by atoms with Gasteiger partial charge in [-0.2, -0.15) is 0 Å². The van der Waals surface area contributed by atoms with Crippen LogP contribution in [0.15, 0.2) is 23.8 Å². The highest BCUT2D eigenvalue weighted by atomic mass is 16.3. The minimum Gasteiger partial charge on any atom is -0.508 e. The van der Waals surface area contributed by atoms with Crippen molar-refractivity contribution in [2.75, 3.05) is 0 Å². The van der Waals surface area contributed by atoms with Crippen molar-refractivity contribution < 1.29 is 20.1 Å². The van der Waals surface area contributed by atoms with E-state index < -0.39 is 12.0 Å². The largest absolute Gasteiger partial charge is 0.508 e. The predicted molar refractivity (Wildman–Crippen MR) is 77.8 cm³/mol. The number of aldehydes is 1. The third-order valence-corrected chi connectivity index (χ3v) is 3.59. The Morgan fingerprint density at radius 2 is 1.65 bits per heavy atom. The predicted octanol–water partition coefficient (Wildman–Crippen LogP) is 3.04. The second-order valence-electron chi connectivity index (χ2n) is 5.26. The number of hydrogen-bond donors (Lipinski definition) is 3. The minimum absolute atomic E-state index is 0.00254. The number of carbonyl (C=O) groups is 1. The van der Waals surface area contributed by atoms with Crippen LogP contribution in [0.1, 0.15) is 50.8 Å². The molecule has 0 aliphatic rings. The molecule has 4 heteroatoms. The molecule has 2 unspecified atom stereocenters. The maximum Gasteiger partial charge on any atom is 0.146 e. The molecule has 0 heterocycles. The number of aliphatic hydroxyl groups is 1. The Balaban J connectivity index is 3.25. The van der Waals surface area contributed by atoms with Gasteiger partial charge in [0.2, 0.25) is 0 Å². The van der Waals surface area contributed by atoms with Crippen LogP contribution in [0.4, 0.5) is 0 Å². The molecular formula is C16H22O4. The normalized spacial score (nSPS) is 15.2. The first-order chi connectivity index (χ1) is 9.33. The van der Waals surface area contributed by atoms with Crippen molar-refractivity contribution >= 4 is 6.29 Å². The van der Waals surface area contributed by atoms with Gasteiger partial charge in [-0.05, 0) is 30.0 Å². The molecule has 110 valence electrons. The van der Waals surface area contributed by atoms with E-state index in [-0.39, 0.29) is 17.4 Å². The van der Waals surface area contributed by atoms with E-state index in [0.717, 1.165) is 0 Å². The molecule has 2 atom stereocenters. The molecule has 0 spiro atoms. The van der Waals surface area contributed by atoms with E-state index in [0.29, 0.717) is 23.0 Å². The lowest BCUT2D eigenvalue weighted by molar-refractivity contribution is -0.105. The molecule has 1 aromatic carbocycles. The molecule has 0 bridgehead atoms. The summed E-state index contributed by atoms with van der Waals surface area (Å²) < 4.78 is 0. The summed E-state index contributed by atoms with van der Waals surface area (Å²) in [5.41, 5.74) is 1.44. The van der Waals surface area contributed by atoms with Gasteiger partial charge in [-0.1, -0.05) is 26.8 Å². The van der Waals surface area contributed by atoms with E-state index in [2.05, 4.69) is 0 Å². The first-order valence-corrected chi connectivity index (χ1v) is 6.68. The summed E-state index contributed by atoms with van der Waals surface area (Å²) in [7, 11) is 0. The highest BCUT2D eigenvalue weighted by Gasteiger charge is 2.24. The molecule has 0 saturated heterocycles. The molecule has 1 rings (SSSR count). The summed E-state index contributed by atoms with van der Waals surface area (Å²) in [4.78, 5) is 10.9. The van der Waals surface area contributed by atoms with Crippen molar-refractivity contribution in [1.82, 2.24) is 0 Å². The fraction of sp³-hybridized carbons (Fsp3) is 0.438. The molecule has 0 aliphatic carbocycles. The van der Waals surface area contributed by atoms with E-state index in [1.807, 2.05) is 13.8 Å². The average Bonchev–Trinajstić information content (AvgIpc) is 2.38. The molecule has 1 aromatic rings. The fourth-order valence-corrected chi connectivity index (χ4v) is 2.20.